The molecule has 18 heavy (non-hydrogen) atoms. The Kier molecular flexibility index (Phi) is 4.15. The number of benzene rings is 2. The summed E-state index contributed by atoms with van der Waals surface area (Å²) in [6, 6.07) is 17.3. The molecule has 0 aliphatic carbocycles. The van der Waals surface area contributed by atoms with Gasteiger partial charge in [-0.1, -0.05) is 41.7 Å². The molecule has 0 saturated carbocycles. The van der Waals surface area contributed by atoms with Gasteiger partial charge in [-0.05, 0) is 24.3 Å². The summed E-state index contributed by atoms with van der Waals surface area (Å²) in [6.45, 7) is 1.78. The van der Waals surface area contributed by atoms with E-state index in [1.54, 1.807) is 13.8 Å². The molecule has 0 aliphatic heterocycles. The Bertz CT molecular complexity index is 569. The van der Waals surface area contributed by atoms with Gasteiger partial charge in [-0.3, -0.25) is 0 Å². The summed E-state index contributed by atoms with van der Waals surface area (Å²) in [5.41, 5.74) is 0. The van der Waals surface area contributed by atoms with Crippen molar-refractivity contribution in [1.29, 1.82) is 0 Å². The van der Waals surface area contributed by atoms with E-state index < -0.39 is 6.34 Å². The summed E-state index contributed by atoms with van der Waals surface area (Å²) >= 11 is 1.40. The minimum absolute atomic E-state index is 0.687. The van der Waals surface area contributed by atoms with E-state index in [1.165, 1.54) is 11.4 Å². The van der Waals surface area contributed by atoms with E-state index in [4.69, 9.17) is 4.74 Å². The van der Waals surface area contributed by atoms with Gasteiger partial charge < -0.3 is 9.30 Å². The Labute approximate surface area is 111 Å². The molecule has 4 heteroatoms. The van der Waals surface area contributed by atoms with Crippen molar-refractivity contribution in [2.45, 2.75) is 4.90 Å². The fourth-order valence-corrected chi connectivity index (χ4v) is 5.72. The lowest BCUT2D eigenvalue weighted by molar-refractivity contribution is 0.418. The molecule has 0 heterocycles. The van der Waals surface area contributed by atoms with Crippen molar-refractivity contribution in [3.05, 3.63) is 54.6 Å². The molecule has 1 atom stereocenters. The van der Waals surface area contributed by atoms with E-state index in [1.807, 2.05) is 54.6 Å². The number of ether oxygens (including phenoxy) is 1. The maximum atomic E-state index is 12.8. The van der Waals surface area contributed by atoms with Gasteiger partial charge in [-0.2, -0.15) is 0 Å². The molecule has 2 rings (SSSR count). The first-order valence-electron chi connectivity index (χ1n) is 5.59. The SMILES string of the molecule is COc1ccccc1P(C)(=O)Sc1ccccc1. The molecular weight excluding hydrogens is 263 g/mol. The highest BCUT2D eigenvalue weighted by molar-refractivity contribution is 8.60. The van der Waals surface area contributed by atoms with Crippen LogP contribution in [0, 0.1) is 0 Å². The predicted octanol–water partition coefficient (Wildman–Crippen LogP) is 4.02. The van der Waals surface area contributed by atoms with Crippen molar-refractivity contribution in [2.75, 3.05) is 13.8 Å². The largest absolute Gasteiger partial charge is 0.496 e. The number of methoxy groups -OCH3 is 1. The first kappa shape index (κ1) is 13.3. The molecule has 0 aliphatic rings. The molecule has 1 unspecified atom stereocenters. The van der Waals surface area contributed by atoms with Crippen LogP contribution in [0.4, 0.5) is 0 Å². The summed E-state index contributed by atoms with van der Waals surface area (Å²) in [6.07, 6.45) is -2.53. The maximum Gasteiger partial charge on any atom is 0.172 e. The smallest absolute Gasteiger partial charge is 0.172 e. The molecule has 2 aromatic carbocycles. The molecular formula is C14H15O2PS. The Balaban J connectivity index is 2.34. The summed E-state index contributed by atoms with van der Waals surface area (Å²) in [5.74, 6) is 0.687. The van der Waals surface area contributed by atoms with Gasteiger partial charge in [0.1, 0.15) is 5.75 Å². The van der Waals surface area contributed by atoms with E-state index in [0.717, 1.165) is 10.2 Å². The van der Waals surface area contributed by atoms with Crippen LogP contribution >= 0.6 is 17.7 Å². The van der Waals surface area contributed by atoms with Crippen LogP contribution in [0.1, 0.15) is 0 Å². The minimum atomic E-state index is -2.53. The van der Waals surface area contributed by atoms with Crippen molar-refractivity contribution in [3.63, 3.8) is 0 Å². The van der Waals surface area contributed by atoms with Crippen LogP contribution in [0.25, 0.3) is 0 Å². The normalized spacial score (nSPS) is 13.9. The van der Waals surface area contributed by atoms with Crippen LogP contribution in [0.2, 0.25) is 0 Å². The van der Waals surface area contributed by atoms with E-state index >= 15 is 0 Å². The van der Waals surface area contributed by atoms with Gasteiger partial charge in [0.2, 0.25) is 0 Å². The summed E-state index contributed by atoms with van der Waals surface area (Å²) in [4.78, 5) is 1.01. The average molecular weight is 278 g/mol. The van der Waals surface area contributed by atoms with E-state index in [0.29, 0.717) is 5.75 Å². The third-order valence-electron chi connectivity index (χ3n) is 2.55. The third kappa shape index (κ3) is 2.98. The van der Waals surface area contributed by atoms with Crippen molar-refractivity contribution < 1.29 is 9.30 Å². The van der Waals surface area contributed by atoms with Crippen LogP contribution in [0.5, 0.6) is 5.75 Å². The Hall–Kier alpha value is -1.18. The second kappa shape index (κ2) is 5.64. The van der Waals surface area contributed by atoms with E-state index in [-0.39, 0.29) is 0 Å². The van der Waals surface area contributed by atoms with Crippen molar-refractivity contribution in [1.82, 2.24) is 0 Å². The lowest BCUT2D eigenvalue weighted by atomic mass is 10.3. The first-order chi connectivity index (χ1) is 8.63. The molecule has 2 aromatic rings. The average Bonchev–Trinajstić information content (AvgIpc) is 2.39. The van der Waals surface area contributed by atoms with Gasteiger partial charge >= 0.3 is 0 Å². The lowest BCUT2D eigenvalue weighted by Crippen LogP contribution is -2.05. The second-order valence-corrected chi connectivity index (χ2v) is 9.39. The predicted molar refractivity (Wildman–Crippen MR) is 78.5 cm³/mol. The topological polar surface area (TPSA) is 26.3 Å². The van der Waals surface area contributed by atoms with Crippen molar-refractivity contribution in [2.24, 2.45) is 0 Å². The number of hydrogen-bond acceptors (Lipinski definition) is 3. The van der Waals surface area contributed by atoms with Gasteiger partial charge in [0.15, 0.2) is 6.34 Å². The molecule has 94 valence electrons. The molecule has 0 saturated heterocycles. The standard InChI is InChI=1S/C14H15O2PS/c1-16-13-10-6-7-11-14(13)17(2,15)18-12-8-4-3-5-9-12/h3-11H,1-2H3. The van der Waals surface area contributed by atoms with Crippen molar-refractivity contribution >= 4 is 23.0 Å². The second-order valence-electron chi connectivity index (χ2n) is 3.92. The van der Waals surface area contributed by atoms with Gasteiger partial charge in [0.25, 0.3) is 0 Å². The molecule has 0 spiro atoms. The quantitative estimate of drug-likeness (QED) is 0.790. The molecule has 2 nitrogen and oxygen atoms in total. The summed E-state index contributed by atoms with van der Waals surface area (Å²) < 4.78 is 18.1. The fourth-order valence-electron chi connectivity index (χ4n) is 1.70. The molecule has 0 N–H and O–H groups in total. The van der Waals surface area contributed by atoms with Gasteiger partial charge in [0.05, 0.1) is 12.4 Å². The minimum Gasteiger partial charge on any atom is -0.496 e. The Morgan fingerprint density at radius 2 is 1.61 bits per heavy atom. The van der Waals surface area contributed by atoms with Gasteiger partial charge in [-0.15, -0.1) is 0 Å². The highest BCUT2D eigenvalue weighted by atomic mass is 32.7. The van der Waals surface area contributed by atoms with Crippen molar-refractivity contribution in [3.8, 4) is 5.75 Å². The zero-order valence-corrected chi connectivity index (χ0v) is 12.1. The zero-order valence-electron chi connectivity index (χ0n) is 10.4. The van der Waals surface area contributed by atoms with Crippen LogP contribution in [-0.2, 0) is 4.57 Å². The fraction of sp³-hybridized carbons (Fsp3) is 0.143. The number of hydrogen-bond donors (Lipinski definition) is 0. The lowest BCUT2D eigenvalue weighted by Gasteiger charge is -2.15. The van der Waals surface area contributed by atoms with Crippen LogP contribution < -0.4 is 10.0 Å². The van der Waals surface area contributed by atoms with Crippen LogP contribution in [0.15, 0.2) is 59.5 Å². The Morgan fingerprint density at radius 3 is 2.28 bits per heavy atom. The van der Waals surface area contributed by atoms with E-state index in [9.17, 15) is 4.57 Å². The highest BCUT2D eigenvalue weighted by Gasteiger charge is 2.23. The first-order valence-corrected chi connectivity index (χ1v) is 9.17. The van der Waals surface area contributed by atoms with Gasteiger partial charge in [0, 0.05) is 11.6 Å². The van der Waals surface area contributed by atoms with Crippen LogP contribution in [0.3, 0.4) is 0 Å². The number of para-hydroxylation sites is 1. The molecule has 0 fully saturated rings. The van der Waals surface area contributed by atoms with E-state index in [2.05, 4.69) is 0 Å². The number of rotatable bonds is 4. The molecule has 0 amide bonds. The summed E-state index contributed by atoms with van der Waals surface area (Å²) in [5, 5.41) is 0.779. The Morgan fingerprint density at radius 1 is 1.00 bits per heavy atom. The summed E-state index contributed by atoms with van der Waals surface area (Å²) in [7, 11) is 1.60. The van der Waals surface area contributed by atoms with Gasteiger partial charge in [-0.25, -0.2) is 0 Å². The molecule has 0 bridgehead atoms. The third-order valence-corrected chi connectivity index (χ3v) is 6.89. The molecule has 0 radical (unpaired) electrons. The zero-order chi connectivity index (χ0) is 13.0. The molecule has 0 aromatic heterocycles. The monoisotopic (exact) mass is 278 g/mol. The van der Waals surface area contributed by atoms with Crippen LogP contribution in [-0.4, -0.2) is 13.8 Å². The highest BCUT2D eigenvalue weighted by Crippen LogP contribution is 2.59. The maximum absolute atomic E-state index is 12.8.